The molecule has 1 amide bonds. The Kier molecular flexibility index (Phi) is 5.71. The minimum atomic E-state index is -4.08. The molecule has 10 heteroatoms. The molecule has 0 unspecified atom stereocenters. The Morgan fingerprint density at radius 3 is 2.11 bits per heavy atom. The molecule has 0 N–H and O–H groups in total. The highest BCUT2D eigenvalue weighted by Gasteiger charge is 2.37. The second-order valence-corrected chi connectivity index (χ2v) is 8.60. The number of carbonyl (C=O) groups excluding carboxylic acids is 3. The molecule has 0 atom stereocenters. The van der Waals surface area contributed by atoms with Crippen molar-refractivity contribution in [1.82, 2.24) is 9.21 Å². The first kappa shape index (κ1) is 20.3. The molecule has 0 aromatic heterocycles. The molecule has 0 bridgehead atoms. The molecular weight excluding hydrogens is 388 g/mol. The predicted molar refractivity (Wildman–Crippen MR) is 97.2 cm³/mol. The van der Waals surface area contributed by atoms with E-state index in [1.54, 1.807) is 4.90 Å². The van der Waals surface area contributed by atoms with Gasteiger partial charge in [0.05, 0.1) is 30.2 Å². The summed E-state index contributed by atoms with van der Waals surface area (Å²) in [5.74, 6) is -1.39. The Hall–Kier alpha value is -2.46. The maximum absolute atomic E-state index is 13.2. The molecule has 0 spiro atoms. The number of nitrogens with zero attached hydrogens (tertiary/aromatic N) is 2. The van der Waals surface area contributed by atoms with Gasteiger partial charge in [0.1, 0.15) is 0 Å². The smallest absolute Gasteiger partial charge is 0.339 e. The summed E-state index contributed by atoms with van der Waals surface area (Å²) in [6, 6.07) is 3.66. The fourth-order valence-corrected chi connectivity index (χ4v) is 4.76. The molecule has 9 nitrogen and oxygen atoms in total. The number of methoxy groups -OCH3 is 2. The van der Waals surface area contributed by atoms with Crippen LogP contribution in [0.2, 0.25) is 0 Å². The molecule has 1 saturated carbocycles. The molecule has 2 fully saturated rings. The van der Waals surface area contributed by atoms with E-state index in [-0.39, 0.29) is 40.9 Å². The highest BCUT2D eigenvalue weighted by molar-refractivity contribution is 7.89. The van der Waals surface area contributed by atoms with Gasteiger partial charge >= 0.3 is 11.9 Å². The van der Waals surface area contributed by atoms with E-state index < -0.39 is 22.0 Å². The average Bonchev–Trinajstić information content (AvgIpc) is 3.57. The average molecular weight is 410 g/mol. The molecule has 28 heavy (non-hydrogen) atoms. The van der Waals surface area contributed by atoms with Gasteiger partial charge in [0.2, 0.25) is 15.9 Å². The fraction of sp³-hybridized carbons (Fsp3) is 0.500. The van der Waals surface area contributed by atoms with Crippen LogP contribution in [0.25, 0.3) is 0 Å². The molecule has 0 radical (unpaired) electrons. The van der Waals surface area contributed by atoms with Crippen LogP contribution in [0.1, 0.15) is 33.6 Å². The summed E-state index contributed by atoms with van der Waals surface area (Å²) in [6.45, 7) is 0.811. The van der Waals surface area contributed by atoms with Crippen molar-refractivity contribution >= 4 is 27.9 Å². The van der Waals surface area contributed by atoms with Gasteiger partial charge in [-0.15, -0.1) is 0 Å². The molecule has 1 aliphatic heterocycles. The lowest BCUT2D eigenvalue weighted by Crippen LogP contribution is -2.51. The summed E-state index contributed by atoms with van der Waals surface area (Å²) in [7, 11) is -1.75. The Balaban J connectivity index is 1.88. The number of rotatable bonds is 5. The lowest BCUT2D eigenvalue weighted by Gasteiger charge is -2.34. The molecule has 152 valence electrons. The first-order chi connectivity index (χ1) is 13.3. The summed E-state index contributed by atoms with van der Waals surface area (Å²) < 4.78 is 36.9. The van der Waals surface area contributed by atoms with Crippen LogP contribution in [0.15, 0.2) is 23.1 Å². The van der Waals surface area contributed by atoms with Gasteiger partial charge in [-0.05, 0) is 31.0 Å². The standard InChI is InChI=1S/C18H22N2O7S/c1-26-17(22)13-5-6-14(18(23)27-2)15(11-13)28(24,25)20-9-7-19(8-10-20)16(21)12-3-4-12/h5-6,11-12H,3-4,7-10H2,1-2H3. The Morgan fingerprint density at radius 2 is 1.57 bits per heavy atom. The second-order valence-electron chi connectivity index (χ2n) is 6.70. The third-order valence-corrected chi connectivity index (χ3v) is 6.84. The second kappa shape index (κ2) is 7.88. The van der Waals surface area contributed by atoms with E-state index in [9.17, 15) is 22.8 Å². The van der Waals surface area contributed by atoms with E-state index in [4.69, 9.17) is 0 Å². The molecule has 1 saturated heterocycles. The highest BCUT2D eigenvalue weighted by atomic mass is 32.2. The van der Waals surface area contributed by atoms with Crippen molar-refractivity contribution in [3.05, 3.63) is 29.3 Å². The maximum atomic E-state index is 13.2. The Bertz CT molecular complexity index is 901. The number of benzene rings is 1. The quantitative estimate of drug-likeness (QED) is 0.650. The minimum absolute atomic E-state index is 0.0104. The maximum Gasteiger partial charge on any atom is 0.339 e. The van der Waals surface area contributed by atoms with Crippen molar-refractivity contribution in [2.24, 2.45) is 5.92 Å². The zero-order valence-corrected chi connectivity index (χ0v) is 16.5. The number of ether oxygens (including phenoxy) is 2. The molecule has 1 aromatic carbocycles. The summed E-state index contributed by atoms with van der Waals surface area (Å²) in [5.41, 5.74) is -0.150. The van der Waals surface area contributed by atoms with Gasteiger partial charge in [0, 0.05) is 32.1 Å². The molecule has 1 aliphatic carbocycles. The van der Waals surface area contributed by atoms with Crippen LogP contribution >= 0.6 is 0 Å². The van der Waals surface area contributed by atoms with Crippen molar-refractivity contribution in [3.63, 3.8) is 0 Å². The topological polar surface area (TPSA) is 110 Å². The summed E-state index contributed by atoms with van der Waals surface area (Å²) in [4.78, 5) is 37.4. The van der Waals surface area contributed by atoms with E-state index in [1.807, 2.05) is 0 Å². The van der Waals surface area contributed by atoms with Crippen LogP contribution in [0.3, 0.4) is 0 Å². The van der Waals surface area contributed by atoms with Crippen LogP contribution in [0, 0.1) is 5.92 Å². The van der Waals surface area contributed by atoms with E-state index >= 15 is 0 Å². The predicted octanol–water partition coefficient (Wildman–Crippen LogP) is 0.503. The van der Waals surface area contributed by atoms with Gasteiger partial charge in [-0.3, -0.25) is 4.79 Å². The summed E-state index contributed by atoms with van der Waals surface area (Å²) in [6.07, 6.45) is 1.78. The lowest BCUT2D eigenvalue weighted by atomic mass is 10.1. The number of sulfonamides is 1. The van der Waals surface area contributed by atoms with Crippen molar-refractivity contribution in [3.8, 4) is 0 Å². The summed E-state index contributed by atoms with van der Waals surface area (Å²) >= 11 is 0. The largest absolute Gasteiger partial charge is 0.465 e. The molecule has 1 heterocycles. The molecule has 1 aromatic rings. The number of esters is 2. The van der Waals surface area contributed by atoms with Crippen molar-refractivity contribution < 1.29 is 32.3 Å². The summed E-state index contributed by atoms with van der Waals surface area (Å²) in [5, 5.41) is 0. The highest BCUT2D eigenvalue weighted by Crippen LogP contribution is 2.32. The van der Waals surface area contributed by atoms with Crippen LogP contribution in [-0.2, 0) is 24.3 Å². The fourth-order valence-electron chi connectivity index (χ4n) is 3.14. The minimum Gasteiger partial charge on any atom is -0.465 e. The van der Waals surface area contributed by atoms with Crippen LogP contribution in [0.5, 0.6) is 0 Å². The SMILES string of the molecule is COC(=O)c1ccc(C(=O)OC)c(S(=O)(=O)N2CCN(C(=O)C3CC3)CC2)c1. The normalized spacial score (nSPS) is 17.9. The molecule has 3 rings (SSSR count). The van der Waals surface area contributed by atoms with Gasteiger partial charge in [-0.1, -0.05) is 0 Å². The first-order valence-electron chi connectivity index (χ1n) is 8.89. The van der Waals surface area contributed by atoms with Gasteiger partial charge in [-0.2, -0.15) is 4.31 Å². The van der Waals surface area contributed by atoms with Gasteiger partial charge in [0.25, 0.3) is 0 Å². The van der Waals surface area contributed by atoms with E-state index in [1.165, 1.54) is 23.5 Å². The Labute approximate surface area is 163 Å². The third-order valence-electron chi connectivity index (χ3n) is 4.90. The Morgan fingerprint density at radius 1 is 0.964 bits per heavy atom. The number of hydrogen-bond donors (Lipinski definition) is 0. The lowest BCUT2D eigenvalue weighted by molar-refractivity contribution is -0.133. The zero-order valence-electron chi connectivity index (χ0n) is 15.7. The zero-order chi connectivity index (χ0) is 20.5. The van der Waals surface area contributed by atoms with Crippen molar-refractivity contribution in [1.29, 1.82) is 0 Å². The van der Waals surface area contributed by atoms with E-state index in [0.29, 0.717) is 13.1 Å². The van der Waals surface area contributed by atoms with Gasteiger partial charge in [0.15, 0.2) is 0 Å². The number of amides is 1. The first-order valence-corrected chi connectivity index (χ1v) is 10.3. The molecule has 2 aliphatic rings. The van der Waals surface area contributed by atoms with Crippen LogP contribution in [0.4, 0.5) is 0 Å². The number of carbonyl (C=O) groups is 3. The third kappa shape index (κ3) is 3.88. The van der Waals surface area contributed by atoms with E-state index in [0.717, 1.165) is 26.0 Å². The van der Waals surface area contributed by atoms with Crippen molar-refractivity contribution in [2.75, 3.05) is 40.4 Å². The van der Waals surface area contributed by atoms with Crippen LogP contribution < -0.4 is 0 Å². The number of piperazine rings is 1. The molecular formula is C18H22N2O7S. The monoisotopic (exact) mass is 410 g/mol. The van der Waals surface area contributed by atoms with Gasteiger partial charge < -0.3 is 14.4 Å². The van der Waals surface area contributed by atoms with E-state index in [2.05, 4.69) is 9.47 Å². The van der Waals surface area contributed by atoms with Crippen molar-refractivity contribution in [2.45, 2.75) is 17.7 Å². The number of hydrogen-bond acceptors (Lipinski definition) is 7. The van der Waals surface area contributed by atoms with Gasteiger partial charge in [-0.25, -0.2) is 18.0 Å². The van der Waals surface area contributed by atoms with Crippen LogP contribution in [-0.4, -0.2) is 75.9 Å².